The Labute approximate surface area is 138 Å². The van der Waals surface area contributed by atoms with Crippen LogP contribution in [0.5, 0.6) is 0 Å². The second-order valence-corrected chi connectivity index (χ2v) is 7.50. The zero-order valence-electron chi connectivity index (χ0n) is 11.8. The molecule has 0 heterocycles. The Bertz CT molecular complexity index is 635. The summed E-state index contributed by atoms with van der Waals surface area (Å²) in [4.78, 5) is 12.0. The summed E-state index contributed by atoms with van der Waals surface area (Å²) in [7, 11) is -4.00. The fourth-order valence-corrected chi connectivity index (χ4v) is 3.70. The van der Waals surface area contributed by atoms with Crippen molar-refractivity contribution < 1.29 is 13.2 Å². The van der Waals surface area contributed by atoms with E-state index in [0.29, 0.717) is 4.47 Å². The minimum atomic E-state index is -4.00. The molecule has 1 aromatic carbocycles. The van der Waals surface area contributed by atoms with Gasteiger partial charge in [0.25, 0.3) is 5.91 Å². The summed E-state index contributed by atoms with van der Waals surface area (Å²) < 4.78 is 23.4. The number of hydrogen-bond donors (Lipinski definition) is 2. The molecule has 0 aliphatic heterocycles. The van der Waals surface area contributed by atoms with E-state index in [1.54, 1.807) is 0 Å². The Kier molecular flexibility index (Phi) is 6.65. The molecule has 0 saturated heterocycles. The highest BCUT2D eigenvalue weighted by Crippen LogP contribution is 2.29. The molecule has 0 spiro atoms. The average molecular weight is 398 g/mol. The van der Waals surface area contributed by atoms with Crippen LogP contribution in [0.1, 0.15) is 43.5 Å². The first-order chi connectivity index (χ1) is 9.70. The van der Waals surface area contributed by atoms with Gasteiger partial charge < -0.3 is 5.32 Å². The largest absolute Gasteiger partial charge is 0.349 e. The van der Waals surface area contributed by atoms with E-state index in [1.165, 1.54) is 12.1 Å². The molecule has 0 aromatic heterocycles. The van der Waals surface area contributed by atoms with Gasteiger partial charge in [-0.15, -0.1) is 0 Å². The topological polar surface area (TPSA) is 89.3 Å². The molecular weight excluding hydrogens is 380 g/mol. The van der Waals surface area contributed by atoms with Crippen LogP contribution in [-0.4, -0.2) is 20.4 Å². The highest BCUT2D eigenvalue weighted by Gasteiger charge is 2.22. The first kappa shape index (κ1) is 18.4. The standard InChI is InChI=1S/C13H18BrClN2O3S/c1-3-5-9(4-2)17-13(18)10-6-8(14)7-11(12(10)15)21(16,19)20/h6-7,9H,3-5H2,1-2H3,(H,17,18)(H2,16,19,20). The van der Waals surface area contributed by atoms with Gasteiger partial charge in [-0.25, -0.2) is 13.6 Å². The normalized spacial score (nSPS) is 13.0. The van der Waals surface area contributed by atoms with Crippen LogP contribution in [0.2, 0.25) is 5.02 Å². The number of halogens is 2. The summed E-state index contributed by atoms with van der Waals surface area (Å²) >= 11 is 9.19. The lowest BCUT2D eigenvalue weighted by Crippen LogP contribution is -2.34. The zero-order valence-corrected chi connectivity index (χ0v) is 15.0. The maximum Gasteiger partial charge on any atom is 0.253 e. The molecule has 0 aliphatic rings. The van der Waals surface area contributed by atoms with Crippen LogP contribution in [0.25, 0.3) is 0 Å². The van der Waals surface area contributed by atoms with Crippen molar-refractivity contribution in [2.75, 3.05) is 0 Å². The van der Waals surface area contributed by atoms with E-state index >= 15 is 0 Å². The van der Waals surface area contributed by atoms with Gasteiger partial charge in [0, 0.05) is 10.5 Å². The van der Waals surface area contributed by atoms with Gasteiger partial charge in [0.15, 0.2) is 0 Å². The van der Waals surface area contributed by atoms with Gasteiger partial charge in [-0.2, -0.15) is 0 Å². The minimum Gasteiger partial charge on any atom is -0.349 e. The van der Waals surface area contributed by atoms with Crippen molar-refractivity contribution in [1.82, 2.24) is 5.32 Å². The maximum absolute atomic E-state index is 12.3. The molecule has 0 radical (unpaired) electrons. The van der Waals surface area contributed by atoms with Gasteiger partial charge in [-0.05, 0) is 25.0 Å². The lowest BCUT2D eigenvalue weighted by Gasteiger charge is -2.17. The fourth-order valence-electron chi connectivity index (χ4n) is 1.93. The molecule has 1 amide bonds. The smallest absolute Gasteiger partial charge is 0.253 e. The number of amides is 1. The molecule has 1 aromatic rings. The van der Waals surface area contributed by atoms with Crippen LogP contribution in [0, 0.1) is 0 Å². The van der Waals surface area contributed by atoms with E-state index in [2.05, 4.69) is 21.2 Å². The number of rotatable bonds is 6. The first-order valence-electron chi connectivity index (χ1n) is 6.53. The van der Waals surface area contributed by atoms with Gasteiger partial charge >= 0.3 is 0 Å². The zero-order chi connectivity index (χ0) is 16.2. The number of carbonyl (C=O) groups is 1. The predicted octanol–water partition coefficient (Wildman–Crippen LogP) is 3.06. The van der Waals surface area contributed by atoms with Crippen molar-refractivity contribution in [3.63, 3.8) is 0 Å². The number of benzene rings is 1. The molecular formula is C13H18BrClN2O3S. The highest BCUT2D eigenvalue weighted by molar-refractivity contribution is 9.10. The van der Waals surface area contributed by atoms with Gasteiger partial charge in [0.05, 0.1) is 10.6 Å². The second kappa shape index (κ2) is 7.58. The highest BCUT2D eigenvalue weighted by atomic mass is 79.9. The quantitative estimate of drug-likeness (QED) is 0.773. The lowest BCUT2D eigenvalue weighted by atomic mass is 10.1. The predicted molar refractivity (Wildman–Crippen MR) is 87.0 cm³/mol. The number of primary sulfonamides is 1. The molecule has 118 valence electrons. The van der Waals surface area contributed by atoms with E-state index in [0.717, 1.165) is 19.3 Å². The second-order valence-electron chi connectivity index (χ2n) is 4.68. The van der Waals surface area contributed by atoms with Gasteiger partial charge in [-0.1, -0.05) is 47.8 Å². The molecule has 5 nitrogen and oxygen atoms in total. The Morgan fingerprint density at radius 3 is 2.52 bits per heavy atom. The van der Waals surface area contributed by atoms with Crippen molar-refractivity contribution in [3.8, 4) is 0 Å². The number of hydrogen-bond acceptors (Lipinski definition) is 3. The van der Waals surface area contributed by atoms with Crippen molar-refractivity contribution >= 4 is 43.5 Å². The molecule has 0 bridgehead atoms. The molecule has 1 unspecified atom stereocenters. The van der Waals surface area contributed by atoms with Crippen molar-refractivity contribution in [1.29, 1.82) is 0 Å². The molecule has 3 N–H and O–H groups in total. The van der Waals surface area contributed by atoms with Crippen LogP contribution in [0.4, 0.5) is 0 Å². The van der Waals surface area contributed by atoms with Crippen LogP contribution >= 0.6 is 27.5 Å². The summed E-state index contributed by atoms with van der Waals surface area (Å²) in [6.45, 7) is 4.00. The summed E-state index contributed by atoms with van der Waals surface area (Å²) in [5.41, 5.74) is 0.0876. The Morgan fingerprint density at radius 2 is 2.05 bits per heavy atom. The summed E-state index contributed by atoms with van der Waals surface area (Å²) in [5.74, 6) is -0.411. The summed E-state index contributed by atoms with van der Waals surface area (Å²) in [6.07, 6.45) is 2.57. The van der Waals surface area contributed by atoms with E-state index in [9.17, 15) is 13.2 Å². The van der Waals surface area contributed by atoms with Gasteiger partial charge in [-0.3, -0.25) is 4.79 Å². The number of carbonyl (C=O) groups excluding carboxylic acids is 1. The van der Waals surface area contributed by atoms with Gasteiger partial charge in [0.2, 0.25) is 10.0 Å². The third-order valence-electron chi connectivity index (χ3n) is 3.02. The molecule has 0 aliphatic carbocycles. The van der Waals surface area contributed by atoms with Crippen LogP contribution < -0.4 is 10.5 Å². The first-order valence-corrected chi connectivity index (χ1v) is 9.25. The Morgan fingerprint density at radius 1 is 1.43 bits per heavy atom. The third-order valence-corrected chi connectivity index (χ3v) is 4.93. The van der Waals surface area contributed by atoms with Crippen molar-refractivity contribution in [2.24, 2.45) is 5.14 Å². The number of nitrogens with one attached hydrogen (secondary N) is 1. The van der Waals surface area contributed by atoms with E-state index in [4.69, 9.17) is 16.7 Å². The molecule has 8 heteroatoms. The van der Waals surface area contributed by atoms with Crippen molar-refractivity contribution in [2.45, 2.75) is 44.0 Å². The lowest BCUT2D eigenvalue weighted by molar-refractivity contribution is 0.0933. The minimum absolute atomic E-state index is 0.0236. The SMILES string of the molecule is CCCC(CC)NC(=O)c1cc(Br)cc(S(N)(=O)=O)c1Cl. The Hall–Kier alpha value is -0.630. The van der Waals surface area contributed by atoms with Crippen molar-refractivity contribution in [3.05, 3.63) is 27.2 Å². The Balaban J connectivity index is 3.19. The van der Waals surface area contributed by atoms with E-state index in [-0.39, 0.29) is 21.5 Å². The summed E-state index contributed by atoms with van der Waals surface area (Å²) in [5, 5.41) is 7.79. The van der Waals surface area contributed by atoms with E-state index in [1.807, 2.05) is 13.8 Å². The maximum atomic E-state index is 12.3. The van der Waals surface area contributed by atoms with Crippen LogP contribution in [-0.2, 0) is 10.0 Å². The third kappa shape index (κ3) is 4.95. The van der Waals surface area contributed by atoms with Crippen LogP contribution in [0.15, 0.2) is 21.5 Å². The fraction of sp³-hybridized carbons (Fsp3) is 0.462. The van der Waals surface area contributed by atoms with Gasteiger partial charge in [0.1, 0.15) is 4.90 Å². The number of nitrogens with two attached hydrogens (primary N) is 1. The average Bonchev–Trinajstić information content (AvgIpc) is 2.39. The molecule has 1 rings (SSSR count). The summed E-state index contributed by atoms with van der Waals surface area (Å²) in [6, 6.07) is 2.78. The molecule has 21 heavy (non-hydrogen) atoms. The number of sulfonamides is 1. The molecule has 0 saturated carbocycles. The van der Waals surface area contributed by atoms with Crippen LogP contribution in [0.3, 0.4) is 0 Å². The van der Waals surface area contributed by atoms with E-state index < -0.39 is 15.9 Å². The molecule has 0 fully saturated rings. The monoisotopic (exact) mass is 396 g/mol. The molecule has 1 atom stereocenters.